The molecule has 1 saturated heterocycles. The molecular formula is C16H27N. The lowest BCUT2D eigenvalue weighted by atomic mass is 10.0. The predicted octanol–water partition coefficient (Wildman–Crippen LogP) is 4.40. The molecule has 0 bridgehead atoms. The molecule has 0 aromatic heterocycles. The van der Waals surface area contributed by atoms with Gasteiger partial charge < -0.3 is 5.32 Å². The van der Waals surface area contributed by atoms with Gasteiger partial charge in [-0.15, -0.1) is 0 Å². The van der Waals surface area contributed by atoms with Crippen molar-refractivity contribution in [2.45, 2.75) is 40.0 Å². The van der Waals surface area contributed by atoms with Gasteiger partial charge in [0.2, 0.25) is 0 Å². The highest BCUT2D eigenvalue weighted by atomic mass is 14.8. The first-order chi connectivity index (χ1) is 8.36. The minimum Gasteiger partial charge on any atom is -0.316 e. The SMILES string of the molecule is C=C/C=C(\C=C/C)/C=C1/CCCNCC1.CC. The molecule has 1 nitrogen and oxygen atoms in total. The lowest BCUT2D eigenvalue weighted by molar-refractivity contribution is 0.703. The van der Waals surface area contributed by atoms with Crippen molar-refractivity contribution in [2.75, 3.05) is 13.1 Å². The molecule has 1 aliphatic rings. The minimum absolute atomic E-state index is 1.11. The van der Waals surface area contributed by atoms with Crippen LogP contribution in [-0.4, -0.2) is 13.1 Å². The Hall–Kier alpha value is -1.08. The highest BCUT2D eigenvalue weighted by Gasteiger charge is 2.03. The van der Waals surface area contributed by atoms with Crippen molar-refractivity contribution < 1.29 is 0 Å². The molecule has 1 heteroatoms. The van der Waals surface area contributed by atoms with Gasteiger partial charge in [0.15, 0.2) is 0 Å². The fraction of sp³-hybridized carbons (Fsp3) is 0.500. The first-order valence-corrected chi connectivity index (χ1v) is 6.72. The van der Waals surface area contributed by atoms with E-state index in [9.17, 15) is 0 Å². The third-order valence-corrected chi connectivity index (χ3v) is 2.51. The number of rotatable bonds is 3. The third kappa shape index (κ3) is 7.76. The van der Waals surface area contributed by atoms with E-state index in [-0.39, 0.29) is 0 Å². The molecule has 0 aliphatic carbocycles. The van der Waals surface area contributed by atoms with Gasteiger partial charge in [0.25, 0.3) is 0 Å². The fourth-order valence-corrected chi connectivity index (χ4v) is 1.80. The zero-order valence-electron chi connectivity index (χ0n) is 11.6. The van der Waals surface area contributed by atoms with Crippen LogP contribution in [0.25, 0.3) is 0 Å². The molecule has 1 aliphatic heterocycles. The van der Waals surface area contributed by atoms with Gasteiger partial charge in [-0.2, -0.15) is 0 Å². The van der Waals surface area contributed by atoms with Crippen LogP contribution in [-0.2, 0) is 0 Å². The second kappa shape index (κ2) is 11.4. The van der Waals surface area contributed by atoms with Gasteiger partial charge in [-0.05, 0) is 44.8 Å². The van der Waals surface area contributed by atoms with Crippen LogP contribution in [0.3, 0.4) is 0 Å². The second-order valence-electron chi connectivity index (χ2n) is 3.81. The van der Waals surface area contributed by atoms with Gasteiger partial charge in [0.05, 0.1) is 0 Å². The number of allylic oxidation sites excluding steroid dienone is 6. The van der Waals surface area contributed by atoms with Crippen LogP contribution in [0, 0.1) is 0 Å². The number of hydrogen-bond donors (Lipinski definition) is 1. The number of nitrogens with one attached hydrogen (secondary N) is 1. The van der Waals surface area contributed by atoms with Gasteiger partial charge in [0, 0.05) is 0 Å². The predicted molar refractivity (Wildman–Crippen MR) is 79.2 cm³/mol. The van der Waals surface area contributed by atoms with Gasteiger partial charge >= 0.3 is 0 Å². The fourth-order valence-electron chi connectivity index (χ4n) is 1.80. The Balaban J connectivity index is 0.00000121. The summed E-state index contributed by atoms with van der Waals surface area (Å²) in [7, 11) is 0. The Morgan fingerprint density at radius 3 is 2.65 bits per heavy atom. The summed E-state index contributed by atoms with van der Waals surface area (Å²) in [4.78, 5) is 0. The molecule has 1 fully saturated rings. The van der Waals surface area contributed by atoms with Crippen LogP contribution in [0.4, 0.5) is 0 Å². The summed E-state index contributed by atoms with van der Waals surface area (Å²) in [6.45, 7) is 12.1. The van der Waals surface area contributed by atoms with Crippen LogP contribution in [0.1, 0.15) is 40.0 Å². The molecule has 96 valence electrons. The maximum Gasteiger partial charge on any atom is -0.00115 e. The average Bonchev–Trinajstić information content (AvgIpc) is 2.61. The smallest absolute Gasteiger partial charge is 0.00115 e. The van der Waals surface area contributed by atoms with Crippen LogP contribution >= 0.6 is 0 Å². The Kier molecular flexibility index (Phi) is 10.7. The van der Waals surface area contributed by atoms with Crippen LogP contribution in [0.15, 0.2) is 48.1 Å². The van der Waals surface area contributed by atoms with Crippen LogP contribution in [0.5, 0.6) is 0 Å². The quantitative estimate of drug-likeness (QED) is 0.712. The summed E-state index contributed by atoms with van der Waals surface area (Å²) in [5.74, 6) is 0. The molecule has 1 N–H and O–H groups in total. The summed E-state index contributed by atoms with van der Waals surface area (Å²) in [5, 5.41) is 3.42. The van der Waals surface area contributed by atoms with Gasteiger partial charge in [-0.3, -0.25) is 0 Å². The van der Waals surface area contributed by atoms with E-state index in [0.717, 1.165) is 13.1 Å². The molecule has 0 spiro atoms. The van der Waals surface area contributed by atoms with Gasteiger partial charge in [-0.25, -0.2) is 0 Å². The second-order valence-corrected chi connectivity index (χ2v) is 3.81. The molecule has 0 aromatic carbocycles. The standard InChI is InChI=1S/C14H21N.C2H6/c1-3-6-13(7-4-2)12-14-8-5-10-15-11-9-14;1-2/h3-4,6-7,12,15H,1,5,8-11H2,2H3;1-2H3/b7-4-,13-6+,14-12-;. The summed E-state index contributed by atoms with van der Waals surface area (Å²) >= 11 is 0. The monoisotopic (exact) mass is 233 g/mol. The summed E-state index contributed by atoms with van der Waals surface area (Å²) < 4.78 is 0. The van der Waals surface area contributed by atoms with E-state index in [1.807, 2.05) is 26.8 Å². The van der Waals surface area contributed by atoms with E-state index in [2.05, 4.69) is 36.2 Å². The van der Waals surface area contributed by atoms with Crippen molar-refractivity contribution in [2.24, 2.45) is 0 Å². The van der Waals surface area contributed by atoms with Crippen LogP contribution < -0.4 is 5.32 Å². The van der Waals surface area contributed by atoms with Crippen LogP contribution in [0.2, 0.25) is 0 Å². The molecule has 1 rings (SSSR count). The lowest BCUT2D eigenvalue weighted by Gasteiger charge is -2.02. The van der Waals surface area contributed by atoms with Crippen molar-refractivity contribution in [3.63, 3.8) is 0 Å². The van der Waals surface area contributed by atoms with E-state index < -0.39 is 0 Å². The molecule has 0 radical (unpaired) electrons. The van der Waals surface area contributed by atoms with Crippen molar-refractivity contribution in [3.05, 3.63) is 48.1 Å². The topological polar surface area (TPSA) is 12.0 Å². The average molecular weight is 233 g/mol. The first kappa shape index (κ1) is 15.9. The van der Waals surface area contributed by atoms with Gasteiger partial charge in [0.1, 0.15) is 0 Å². The molecule has 0 amide bonds. The van der Waals surface area contributed by atoms with E-state index in [4.69, 9.17) is 0 Å². The zero-order chi connectivity index (χ0) is 12.9. The van der Waals surface area contributed by atoms with Crippen molar-refractivity contribution >= 4 is 0 Å². The lowest BCUT2D eigenvalue weighted by Crippen LogP contribution is -2.13. The van der Waals surface area contributed by atoms with Gasteiger partial charge in [-0.1, -0.05) is 56.4 Å². The third-order valence-electron chi connectivity index (χ3n) is 2.51. The maximum absolute atomic E-state index is 3.74. The zero-order valence-corrected chi connectivity index (χ0v) is 11.6. The molecule has 0 saturated carbocycles. The summed E-state index contributed by atoms with van der Waals surface area (Å²) in [6.07, 6.45) is 14.1. The summed E-state index contributed by atoms with van der Waals surface area (Å²) in [6, 6.07) is 0. The maximum atomic E-state index is 3.74. The highest BCUT2D eigenvalue weighted by Crippen LogP contribution is 2.15. The molecule has 0 unspecified atom stereocenters. The van der Waals surface area contributed by atoms with E-state index in [1.165, 1.54) is 24.8 Å². The normalized spacial score (nSPS) is 19.7. The largest absolute Gasteiger partial charge is 0.316 e. The number of hydrogen-bond acceptors (Lipinski definition) is 1. The molecule has 1 heterocycles. The highest BCUT2D eigenvalue weighted by molar-refractivity contribution is 5.35. The van der Waals surface area contributed by atoms with E-state index in [1.54, 1.807) is 5.57 Å². The Labute approximate surface area is 107 Å². The first-order valence-electron chi connectivity index (χ1n) is 6.72. The van der Waals surface area contributed by atoms with Crippen molar-refractivity contribution in [3.8, 4) is 0 Å². The summed E-state index contributed by atoms with van der Waals surface area (Å²) in [5.41, 5.74) is 2.80. The Morgan fingerprint density at radius 2 is 2.00 bits per heavy atom. The van der Waals surface area contributed by atoms with Crippen molar-refractivity contribution in [1.29, 1.82) is 0 Å². The minimum atomic E-state index is 1.11. The molecular weight excluding hydrogens is 206 g/mol. The Morgan fingerprint density at radius 1 is 1.24 bits per heavy atom. The molecule has 0 atom stereocenters. The Bertz CT molecular complexity index is 272. The van der Waals surface area contributed by atoms with E-state index >= 15 is 0 Å². The van der Waals surface area contributed by atoms with E-state index in [0.29, 0.717) is 0 Å². The van der Waals surface area contributed by atoms with Crippen molar-refractivity contribution in [1.82, 2.24) is 5.32 Å². The molecule has 17 heavy (non-hydrogen) atoms. The molecule has 0 aromatic rings.